The summed E-state index contributed by atoms with van der Waals surface area (Å²) in [6, 6.07) is 0.960. The molecule has 0 bridgehead atoms. The van der Waals surface area contributed by atoms with E-state index in [-0.39, 0.29) is 69.8 Å². The molecule has 7 atom stereocenters. The minimum atomic E-state index is -1.41. The van der Waals surface area contributed by atoms with Gasteiger partial charge in [-0.25, -0.2) is 4.79 Å². The van der Waals surface area contributed by atoms with Crippen LogP contribution in [0.25, 0.3) is 0 Å². The molecule has 0 aliphatic rings. The fourth-order valence-corrected chi connectivity index (χ4v) is 5.55. The molecule has 20 heteroatoms. The van der Waals surface area contributed by atoms with Gasteiger partial charge in [-0.15, -0.1) is 0 Å². The second kappa shape index (κ2) is 25.4. The zero-order valence-electron chi connectivity index (χ0n) is 33.1. The second-order valence-electron chi connectivity index (χ2n) is 14.3. The van der Waals surface area contributed by atoms with Crippen LogP contribution < -0.4 is 55.3 Å². The molecule has 20 nitrogen and oxygen atoms in total. The van der Waals surface area contributed by atoms with Crippen molar-refractivity contribution < 1.29 is 43.5 Å². The van der Waals surface area contributed by atoms with Gasteiger partial charge in [-0.3, -0.25) is 38.6 Å². The van der Waals surface area contributed by atoms with Gasteiger partial charge in [0.2, 0.25) is 41.4 Å². The summed E-state index contributed by atoms with van der Waals surface area (Å²) in [5.41, 5.74) is 27.9. The van der Waals surface area contributed by atoms with Gasteiger partial charge in [0, 0.05) is 25.8 Å². The van der Waals surface area contributed by atoms with Gasteiger partial charge in [0.15, 0.2) is 5.96 Å². The van der Waals surface area contributed by atoms with E-state index in [0.29, 0.717) is 12.0 Å². The van der Waals surface area contributed by atoms with Crippen molar-refractivity contribution in [3.05, 3.63) is 35.9 Å². The number of nitrogens with zero attached hydrogens (tertiary/aromatic N) is 1. The van der Waals surface area contributed by atoms with Crippen molar-refractivity contribution in [2.45, 2.75) is 122 Å². The summed E-state index contributed by atoms with van der Waals surface area (Å²) in [5.74, 6) is -7.48. The average molecular weight is 804 g/mol. The monoisotopic (exact) mass is 803 g/mol. The molecule has 0 aromatic heterocycles. The van der Waals surface area contributed by atoms with Crippen LogP contribution in [0.2, 0.25) is 0 Å². The molecule has 1 aromatic carbocycles. The largest absolute Gasteiger partial charge is 0.480 e. The topological polar surface area (TPSA) is 359 Å². The van der Waals surface area contributed by atoms with Crippen molar-refractivity contribution in [1.82, 2.24) is 26.6 Å². The first-order valence-electron chi connectivity index (χ1n) is 18.9. The first-order chi connectivity index (χ1) is 26.7. The Bertz CT molecular complexity index is 1550. The standard InChI is InChI=1S/C37H61N11O9/c1-5-21(4)30(35(55)45-25(14-16-29(40)50)33(53)47-27(36(56)57)19-22-10-7-6-8-11-22)48-34(54)26(18-20(2)3)46-32(52)24(12-9-17-43-37(41)42)44-31(51)23(38)13-15-28(39)49/h6-8,10-11,20-21,23-27,30H,5,9,12-19,38H2,1-4H3,(H2,39,49)(H2,40,50)(H,44,51)(H,45,55)(H,46,52)(H,47,53)(H,48,54)(H,56,57)(H4,41,42,43). The summed E-state index contributed by atoms with van der Waals surface area (Å²) in [7, 11) is 0. The molecule has 1 aromatic rings. The number of carboxylic acids is 1. The van der Waals surface area contributed by atoms with Gasteiger partial charge in [-0.2, -0.15) is 0 Å². The molecule has 0 radical (unpaired) electrons. The number of nitrogens with two attached hydrogens (primary N) is 5. The Hall–Kier alpha value is -5.79. The number of carboxylic acid groups (broad SMARTS) is 1. The zero-order chi connectivity index (χ0) is 43.2. The van der Waals surface area contributed by atoms with Crippen molar-refractivity contribution in [3.8, 4) is 0 Å². The zero-order valence-corrected chi connectivity index (χ0v) is 33.1. The van der Waals surface area contributed by atoms with Gasteiger partial charge in [0.25, 0.3) is 0 Å². The van der Waals surface area contributed by atoms with Crippen molar-refractivity contribution in [3.63, 3.8) is 0 Å². The molecular weight excluding hydrogens is 742 g/mol. The Kier molecular flexibility index (Phi) is 21.9. The number of aliphatic imine (C=N–C) groups is 1. The van der Waals surface area contributed by atoms with Gasteiger partial charge < -0.3 is 60.4 Å². The molecule has 16 N–H and O–H groups in total. The number of hydrogen-bond donors (Lipinski definition) is 11. The molecule has 0 saturated heterocycles. The van der Waals surface area contributed by atoms with Crippen molar-refractivity contribution in [2.24, 2.45) is 45.5 Å². The lowest BCUT2D eigenvalue weighted by Gasteiger charge is -2.30. The minimum Gasteiger partial charge on any atom is -0.480 e. The maximum absolute atomic E-state index is 13.9. The highest BCUT2D eigenvalue weighted by molar-refractivity contribution is 5.96. The Morgan fingerprint density at radius 3 is 1.70 bits per heavy atom. The number of primary amides is 2. The fraction of sp³-hybridized carbons (Fsp3) is 0.595. The van der Waals surface area contributed by atoms with E-state index in [2.05, 4.69) is 31.6 Å². The predicted molar refractivity (Wildman–Crippen MR) is 211 cm³/mol. The second-order valence-corrected chi connectivity index (χ2v) is 14.3. The van der Waals surface area contributed by atoms with Crippen LogP contribution in [-0.2, 0) is 44.8 Å². The van der Waals surface area contributed by atoms with Crippen LogP contribution in [0.3, 0.4) is 0 Å². The maximum Gasteiger partial charge on any atom is 0.326 e. The number of guanidine groups is 1. The third-order valence-corrected chi connectivity index (χ3v) is 8.96. The van der Waals surface area contributed by atoms with Crippen LogP contribution in [0.5, 0.6) is 0 Å². The summed E-state index contributed by atoms with van der Waals surface area (Å²) < 4.78 is 0. The summed E-state index contributed by atoms with van der Waals surface area (Å²) in [5, 5.41) is 22.7. The van der Waals surface area contributed by atoms with Gasteiger partial charge >= 0.3 is 5.97 Å². The molecule has 0 aliphatic heterocycles. The molecule has 0 spiro atoms. The van der Waals surface area contributed by atoms with E-state index >= 15 is 0 Å². The van der Waals surface area contributed by atoms with Crippen molar-refractivity contribution in [1.29, 1.82) is 0 Å². The van der Waals surface area contributed by atoms with E-state index in [1.54, 1.807) is 44.2 Å². The number of carbonyl (C=O) groups excluding carboxylic acids is 7. The number of nitrogens with one attached hydrogen (secondary N) is 5. The van der Waals surface area contributed by atoms with E-state index < -0.39 is 89.5 Å². The molecule has 7 unspecified atom stereocenters. The predicted octanol–water partition coefficient (Wildman–Crippen LogP) is -2.26. The highest BCUT2D eigenvalue weighted by atomic mass is 16.4. The van der Waals surface area contributed by atoms with Crippen LogP contribution in [0.15, 0.2) is 35.3 Å². The van der Waals surface area contributed by atoms with Crippen LogP contribution in [-0.4, -0.2) is 101 Å². The number of amides is 7. The lowest BCUT2D eigenvalue weighted by atomic mass is 9.96. The number of rotatable bonds is 27. The number of hydrogen-bond acceptors (Lipinski definition) is 10. The first kappa shape index (κ1) is 49.2. The lowest BCUT2D eigenvalue weighted by molar-refractivity contribution is -0.142. The number of aliphatic carboxylic acids is 1. The minimum absolute atomic E-state index is 0.0354. The molecule has 0 fully saturated rings. The van der Waals surface area contributed by atoms with Gasteiger partial charge in [0.1, 0.15) is 30.2 Å². The van der Waals surface area contributed by atoms with Crippen LogP contribution >= 0.6 is 0 Å². The van der Waals surface area contributed by atoms with E-state index in [0.717, 1.165) is 0 Å². The van der Waals surface area contributed by atoms with Gasteiger partial charge in [-0.1, -0.05) is 64.4 Å². The molecule has 0 heterocycles. The van der Waals surface area contributed by atoms with E-state index in [4.69, 9.17) is 28.7 Å². The van der Waals surface area contributed by atoms with Crippen LogP contribution in [0, 0.1) is 11.8 Å². The Balaban J connectivity index is 3.32. The molecular formula is C37H61N11O9. The molecule has 318 valence electrons. The smallest absolute Gasteiger partial charge is 0.326 e. The highest BCUT2D eigenvalue weighted by Gasteiger charge is 2.35. The maximum atomic E-state index is 13.9. The fourth-order valence-electron chi connectivity index (χ4n) is 5.55. The Labute approximate surface area is 332 Å². The molecule has 7 amide bonds. The Morgan fingerprint density at radius 1 is 0.667 bits per heavy atom. The normalized spacial score (nSPS) is 14.6. The van der Waals surface area contributed by atoms with Crippen LogP contribution in [0.4, 0.5) is 0 Å². The Morgan fingerprint density at radius 2 is 1.18 bits per heavy atom. The number of benzene rings is 1. The molecule has 0 aliphatic carbocycles. The summed E-state index contributed by atoms with van der Waals surface area (Å²) in [6.45, 7) is 7.19. The average Bonchev–Trinajstić information content (AvgIpc) is 3.14. The van der Waals surface area contributed by atoms with Gasteiger partial charge in [-0.05, 0) is 49.5 Å². The SMILES string of the molecule is CCC(C)C(NC(=O)C(CC(C)C)NC(=O)C(CCCN=C(N)N)NC(=O)C(N)CCC(N)=O)C(=O)NC(CCC(N)=O)C(=O)NC(Cc1ccccc1)C(=O)O. The lowest BCUT2D eigenvalue weighted by Crippen LogP contribution is -2.60. The van der Waals surface area contributed by atoms with Crippen molar-refractivity contribution >= 4 is 53.3 Å². The highest BCUT2D eigenvalue weighted by Crippen LogP contribution is 2.13. The van der Waals surface area contributed by atoms with Crippen molar-refractivity contribution in [2.75, 3.05) is 6.54 Å². The summed E-state index contributed by atoms with van der Waals surface area (Å²) in [6.07, 6.45) is -0.100. The third-order valence-electron chi connectivity index (χ3n) is 8.96. The molecule has 1 rings (SSSR count). The van der Waals surface area contributed by atoms with E-state index in [1.165, 1.54) is 0 Å². The first-order valence-corrected chi connectivity index (χ1v) is 18.9. The summed E-state index contributed by atoms with van der Waals surface area (Å²) >= 11 is 0. The molecule has 57 heavy (non-hydrogen) atoms. The third kappa shape index (κ3) is 19.6. The van der Waals surface area contributed by atoms with Crippen LogP contribution in [0.1, 0.15) is 84.6 Å². The molecule has 0 saturated carbocycles. The number of carbonyl (C=O) groups is 8. The van der Waals surface area contributed by atoms with E-state index in [1.807, 2.05) is 13.8 Å². The summed E-state index contributed by atoms with van der Waals surface area (Å²) in [4.78, 5) is 107. The van der Waals surface area contributed by atoms with E-state index in [9.17, 15) is 43.5 Å². The quantitative estimate of drug-likeness (QED) is 0.0255. The van der Waals surface area contributed by atoms with Gasteiger partial charge in [0.05, 0.1) is 6.04 Å².